The third kappa shape index (κ3) is 1.95. The predicted octanol–water partition coefficient (Wildman–Crippen LogP) is 0.771. The molecule has 0 aliphatic carbocycles. The van der Waals surface area contributed by atoms with Crippen molar-refractivity contribution in [1.82, 2.24) is 10.4 Å². The number of nitrogens with one attached hydrogen (secondary N) is 1. The molecule has 0 saturated heterocycles. The summed E-state index contributed by atoms with van der Waals surface area (Å²) >= 11 is 0. The summed E-state index contributed by atoms with van der Waals surface area (Å²) < 4.78 is 2.10. The molecule has 0 aromatic heterocycles. The quantitative estimate of drug-likeness (QED) is 0.748. The molecule has 1 aromatic carbocycles. The van der Waals surface area contributed by atoms with Crippen LogP contribution in [0.4, 0.5) is 0 Å². The van der Waals surface area contributed by atoms with Crippen LogP contribution in [0, 0.1) is 0 Å². The Morgan fingerprint density at radius 3 is 2.86 bits per heavy atom. The molecule has 3 aliphatic heterocycles. The highest BCUT2D eigenvalue weighted by Crippen LogP contribution is 2.25. The summed E-state index contributed by atoms with van der Waals surface area (Å²) in [5.41, 5.74) is 2.09. The van der Waals surface area contributed by atoms with Crippen molar-refractivity contribution in [3.05, 3.63) is 48.2 Å². The van der Waals surface area contributed by atoms with E-state index >= 15 is 0 Å². The van der Waals surface area contributed by atoms with Crippen LogP contribution in [0.2, 0.25) is 0 Å². The highest BCUT2D eigenvalue weighted by atomic mass is 16.5. The fourth-order valence-corrected chi connectivity index (χ4v) is 2.94. The van der Waals surface area contributed by atoms with Gasteiger partial charge in [0, 0.05) is 0 Å². The normalized spacial score (nSPS) is 23.9. The average molecular weight is 282 g/mol. The van der Waals surface area contributed by atoms with Crippen molar-refractivity contribution in [1.29, 1.82) is 0 Å². The fourth-order valence-electron chi connectivity index (χ4n) is 2.94. The lowest BCUT2D eigenvalue weighted by Gasteiger charge is -2.32. The molecule has 0 radical (unpaired) electrons. The van der Waals surface area contributed by atoms with Gasteiger partial charge < -0.3 is 0 Å². The van der Waals surface area contributed by atoms with Crippen LogP contribution in [0.5, 0.6) is 0 Å². The number of rotatable bonds is 1. The SMILES string of the molecule is ON1C=CC[N+]2=C1NC1=NCCN=C1C2c1ccccc1. The van der Waals surface area contributed by atoms with Crippen LogP contribution in [0.1, 0.15) is 11.6 Å². The largest absolute Gasteiger partial charge is 0.388 e. The zero-order valence-electron chi connectivity index (χ0n) is 11.5. The molecule has 2 N–H and O–H groups in total. The topological polar surface area (TPSA) is 63.2 Å². The van der Waals surface area contributed by atoms with E-state index in [1.54, 1.807) is 6.20 Å². The number of nitrogens with zero attached hydrogens (tertiary/aromatic N) is 4. The second kappa shape index (κ2) is 4.82. The van der Waals surface area contributed by atoms with Gasteiger partial charge >= 0.3 is 5.96 Å². The number of aliphatic imine (C=N–C) groups is 2. The van der Waals surface area contributed by atoms with Gasteiger partial charge in [0.1, 0.15) is 11.8 Å². The van der Waals surface area contributed by atoms with E-state index in [2.05, 4.69) is 32.0 Å². The minimum Gasteiger partial charge on any atom is -0.279 e. The second-order valence-electron chi connectivity index (χ2n) is 5.14. The maximum Gasteiger partial charge on any atom is 0.388 e. The number of fused-ring (bicyclic) bond motifs is 1. The Labute approximate surface area is 122 Å². The van der Waals surface area contributed by atoms with Crippen molar-refractivity contribution in [2.45, 2.75) is 6.04 Å². The van der Waals surface area contributed by atoms with E-state index in [9.17, 15) is 5.21 Å². The van der Waals surface area contributed by atoms with E-state index < -0.39 is 0 Å². The van der Waals surface area contributed by atoms with Crippen molar-refractivity contribution < 1.29 is 9.78 Å². The maximum absolute atomic E-state index is 10.1. The Balaban J connectivity index is 1.89. The first-order valence-corrected chi connectivity index (χ1v) is 7.04. The molecule has 0 amide bonds. The molecule has 0 saturated carbocycles. The molecule has 6 nitrogen and oxygen atoms in total. The molecule has 6 heteroatoms. The standard InChI is InChI=1S/C15H15N5O/c21-20-10-4-9-19-13(11-5-2-1-3-6-11)12-14(18-15(19)20)17-8-7-16-12/h1-6,10,13,21H,7-9H2/p+1. The molecule has 0 bridgehead atoms. The van der Waals surface area contributed by atoms with Gasteiger partial charge in [0.15, 0.2) is 0 Å². The Bertz CT molecular complexity index is 689. The van der Waals surface area contributed by atoms with Gasteiger partial charge in [0.25, 0.3) is 0 Å². The van der Waals surface area contributed by atoms with Crippen molar-refractivity contribution in [3.8, 4) is 0 Å². The molecule has 1 atom stereocenters. The van der Waals surface area contributed by atoms with E-state index in [0.717, 1.165) is 22.2 Å². The van der Waals surface area contributed by atoms with Gasteiger partial charge in [0.2, 0.25) is 5.84 Å². The minimum absolute atomic E-state index is 0.0268. The summed E-state index contributed by atoms with van der Waals surface area (Å²) in [7, 11) is 0. The molecule has 0 spiro atoms. The number of hydrogen-bond acceptors (Lipinski definition) is 5. The molecule has 1 aromatic rings. The van der Waals surface area contributed by atoms with Crippen molar-refractivity contribution in [3.63, 3.8) is 0 Å². The first-order chi connectivity index (χ1) is 10.3. The summed E-state index contributed by atoms with van der Waals surface area (Å²) in [6.07, 6.45) is 3.57. The number of hydroxylamine groups is 2. The summed E-state index contributed by atoms with van der Waals surface area (Å²) in [4.78, 5) is 9.19. The lowest BCUT2D eigenvalue weighted by Crippen LogP contribution is -2.58. The zero-order chi connectivity index (χ0) is 14.2. The van der Waals surface area contributed by atoms with Gasteiger partial charge in [-0.25, -0.2) is 15.1 Å². The third-order valence-corrected chi connectivity index (χ3v) is 3.85. The molecule has 0 fully saturated rings. The highest BCUT2D eigenvalue weighted by molar-refractivity contribution is 6.46. The van der Waals surface area contributed by atoms with Crippen LogP contribution in [-0.2, 0) is 0 Å². The monoisotopic (exact) mass is 282 g/mol. The highest BCUT2D eigenvalue weighted by Gasteiger charge is 2.41. The predicted molar refractivity (Wildman–Crippen MR) is 79.8 cm³/mol. The summed E-state index contributed by atoms with van der Waals surface area (Å²) in [5.74, 6) is 1.39. The Kier molecular flexibility index (Phi) is 2.82. The average Bonchev–Trinajstić information content (AvgIpc) is 2.54. The lowest BCUT2D eigenvalue weighted by atomic mass is 9.98. The second-order valence-corrected chi connectivity index (χ2v) is 5.14. The summed E-state index contributed by atoms with van der Waals surface area (Å²) in [6, 6.07) is 10.2. The van der Waals surface area contributed by atoms with Crippen LogP contribution in [0.3, 0.4) is 0 Å². The Hall–Kier alpha value is -2.47. The summed E-state index contributed by atoms with van der Waals surface area (Å²) in [5, 5.41) is 14.4. The molecule has 3 aliphatic rings. The maximum atomic E-state index is 10.1. The number of hydrogen-bond donors (Lipinski definition) is 2. The van der Waals surface area contributed by atoms with E-state index in [4.69, 9.17) is 0 Å². The van der Waals surface area contributed by atoms with Crippen LogP contribution >= 0.6 is 0 Å². The number of benzene rings is 1. The van der Waals surface area contributed by atoms with E-state index in [1.807, 2.05) is 24.3 Å². The zero-order valence-corrected chi connectivity index (χ0v) is 11.5. The van der Waals surface area contributed by atoms with E-state index in [-0.39, 0.29) is 6.04 Å². The minimum atomic E-state index is -0.0268. The molecular formula is C15H16N5O+. The number of guanidine groups is 1. The van der Waals surface area contributed by atoms with Crippen LogP contribution in [0.25, 0.3) is 0 Å². The van der Waals surface area contributed by atoms with Gasteiger partial charge in [-0.3, -0.25) is 9.98 Å². The lowest BCUT2D eigenvalue weighted by molar-refractivity contribution is -0.557. The van der Waals surface area contributed by atoms with E-state index in [1.165, 1.54) is 0 Å². The molecule has 4 rings (SSSR count). The van der Waals surface area contributed by atoms with Crippen LogP contribution in [0.15, 0.2) is 52.6 Å². The van der Waals surface area contributed by atoms with Gasteiger partial charge in [0.05, 0.1) is 25.8 Å². The van der Waals surface area contributed by atoms with Gasteiger partial charge in [-0.05, 0) is 11.6 Å². The first-order valence-electron chi connectivity index (χ1n) is 7.04. The Morgan fingerprint density at radius 1 is 1.19 bits per heavy atom. The van der Waals surface area contributed by atoms with Gasteiger partial charge in [-0.1, -0.05) is 30.3 Å². The molecule has 1 unspecified atom stereocenters. The van der Waals surface area contributed by atoms with Gasteiger partial charge in [-0.2, -0.15) is 0 Å². The van der Waals surface area contributed by atoms with Crippen LogP contribution in [-0.4, -0.2) is 52.0 Å². The molecular weight excluding hydrogens is 266 g/mol. The van der Waals surface area contributed by atoms with Gasteiger partial charge in [-0.15, -0.1) is 5.06 Å². The smallest absolute Gasteiger partial charge is 0.279 e. The Morgan fingerprint density at radius 2 is 2.00 bits per heavy atom. The van der Waals surface area contributed by atoms with Crippen molar-refractivity contribution in [2.24, 2.45) is 9.98 Å². The molecule has 21 heavy (non-hydrogen) atoms. The number of amidine groups is 1. The third-order valence-electron chi connectivity index (χ3n) is 3.85. The fraction of sp³-hybridized carbons (Fsp3) is 0.267. The van der Waals surface area contributed by atoms with Crippen molar-refractivity contribution in [2.75, 3.05) is 19.6 Å². The molecule has 106 valence electrons. The molecule has 3 heterocycles. The van der Waals surface area contributed by atoms with Crippen LogP contribution < -0.4 is 5.32 Å². The first kappa shape index (κ1) is 12.3. The van der Waals surface area contributed by atoms with Crippen molar-refractivity contribution >= 4 is 17.5 Å². The summed E-state index contributed by atoms with van der Waals surface area (Å²) in [6.45, 7) is 2.11. The van der Waals surface area contributed by atoms with E-state index in [0.29, 0.717) is 25.6 Å².